The Morgan fingerprint density at radius 1 is 1.41 bits per heavy atom. The molecule has 1 heterocycles. The molecule has 1 aromatic carbocycles. The molecule has 0 bridgehead atoms. The fourth-order valence-electron chi connectivity index (χ4n) is 2.50. The van der Waals surface area contributed by atoms with E-state index >= 15 is 0 Å². The number of hydrogen-bond acceptors (Lipinski definition) is 2. The first-order chi connectivity index (χ1) is 7.85. The van der Waals surface area contributed by atoms with Crippen LogP contribution in [-0.4, -0.2) is 23.0 Å². The van der Waals surface area contributed by atoms with E-state index < -0.39 is 0 Å². The van der Waals surface area contributed by atoms with Crippen molar-refractivity contribution in [2.45, 2.75) is 45.3 Å². The van der Waals surface area contributed by atoms with Gasteiger partial charge in [-0.05, 0) is 50.5 Å². The molecule has 1 aliphatic heterocycles. The summed E-state index contributed by atoms with van der Waals surface area (Å²) in [5.41, 5.74) is 8.91. The average Bonchev–Trinajstić information content (AvgIpc) is 2.17. The van der Waals surface area contributed by atoms with Crippen molar-refractivity contribution in [1.82, 2.24) is 4.90 Å². The largest absolute Gasteiger partial charge is 0.324 e. The van der Waals surface area contributed by atoms with E-state index in [0.29, 0.717) is 6.04 Å². The molecule has 0 amide bonds. The summed E-state index contributed by atoms with van der Waals surface area (Å²) in [6.45, 7) is 8.43. The summed E-state index contributed by atoms with van der Waals surface area (Å²) in [7, 11) is 0. The third kappa shape index (κ3) is 3.30. The Balaban J connectivity index is 2.19. The summed E-state index contributed by atoms with van der Waals surface area (Å²) < 4.78 is 1.16. The van der Waals surface area contributed by atoms with Gasteiger partial charge < -0.3 is 5.73 Å². The van der Waals surface area contributed by atoms with Crippen LogP contribution in [0.5, 0.6) is 0 Å². The van der Waals surface area contributed by atoms with Crippen LogP contribution in [0.15, 0.2) is 22.7 Å². The van der Waals surface area contributed by atoms with Gasteiger partial charge in [-0.25, -0.2) is 0 Å². The van der Waals surface area contributed by atoms with Crippen molar-refractivity contribution < 1.29 is 0 Å². The van der Waals surface area contributed by atoms with Crippen LogP contribution < -0.4 is 5.73 Å². The van der Waals surface area contributed by atoms with Crippen LogP contribution >= 0.6 is 15.9 Å². The maximum atomic E-state index is 6.13. The van der Waals surface area contributed by atoms with Crippen molar-refractivity contribution in [3.8, 4) is 0 Å². The number of fused-ring (bicyclic) bond motifs is 1. The van der Waals surface area contributed by atoms with Gasteiger partial charge in [0.25, 0.3) is 0 Å². The Morgan fingerprint density at radius 2 is 2.12 bits per heavy atom. The van der Waals surface area contributed by atoms with Crippen LogP contribution in [0.25, 0.3) is 0 Å². The van der Waals surface area contributed by atoms with Gasteiger partial charge in [-0.2, -0.15) is 0 Å². The predicted molar refractivity (Wildman–Crippen MR) is 76.0 cm³/mol. The van der Waals surface area contributed by atoms with Crippen molar-refractivity contribution >= 4 is 15.9 Å². The lowest BCUT2D eigenvalue weighted by Crippen LogP contribution is -2.50. The molecule has 2 N–H and O–H groups in total. The number of hydrogen-bond donors (Lipinski definition) is 1. The number of rotatable bonds is 2. The summed E-state index contributed by atoms with van der Waals surface area (Å²) >= 11 is 3.54. The summed E-state index contributed by atoms with van der Waals surface area (Å²) in [4.78, 5) is 2.48. The summed E-state index contributed by atoms with van der Waals surface area (Å²) in [5.74, 6) is 0. The van der Waals surface area contributed by atoms with Gasteiger partial charge in [-0.1, -0.05) is 22.0 Å². The van der Waals surface area contributed by atoms with E-state index in [1.54, 1.807) is 0 Å². The lowest BCUT2D eigenvalue weighted by molar-refractivity contribution is 0.152. The monoisotopic (exact) mass is 296 g/mol. The molecule has 2 nitrogen and oxygen atoms in total. The third-order valence-electron chi connectivity index (χ3n) is 3.29. The topological polar surface area (TPSA) is 29.3 Å². The quantitative estimate of drug-likeness (QED) is 0.909. The van der Waals surface area contributed by atoms with Gasteiger partial charge in [0.2, 0.25) is 0 Å². The normalized spacial score (nSPS) is 21.4. The molecule has 0 saturated heterocycles. The van der Waals surface area contributed by atoms with E-state index in [0.717, 1.165) is 24.0 Å². The molecule has 0 aliphatic carbocycles. The molecule has 0 radical (unpaired) electrons. The number of nitrogens with two attached hydrogens (primary N) is 1. The second-order valence-electron chi connectivity index (χ2n) is 5.86. The van der Waals surface area contributed by atoms with Crippen LogP contribution in [0.4, 0.5) is 0 Å². The maximum absolute atomic E-state index is 6.13. The standard InChI is InChI=1S/C14H21BrN2/c1-10-6-11-4-5-13(15)7-12(11)8-17(10)9-14(2,3)16/h4-5,7,10H,6,8-9,16H2,1-3H3. The van der Waals surface area contributed by atoms with Crippen LogP contribution in [-0.2, 0) is 13.0 Å². The SMILES string of the molecule is CC1Cc2ccc(Br)cc2CN1CC(C)(C)N. The third-order valence-corrected chi connectivity index (χ3v) is 3.78. The molecule has 1 aromatic rings. The number of nitrogens with zero attached hydrogens (tertiary/aromatic N) is 1. The zero-order valence-corrected chi connectivity index (χ0v) is 12.4. The van der Waals surface area contributed by atoms with Crippen molar-refractivity contribution in [1.29, 1.82) is 0 Å². The molecule has 1 unspecified atom stereocenters. The lowest BCUT2D eigenvalue weighted by atomic mass is 9.93. The predicted octanol–water partition coefficient (Wildman–Crippen LogP) is 2.93. The van der Waals surface area contributed by atoms with E-state index in [-0.39, 0.29) is 5.54 Å². The van der Waals surface area contributed by atoms with Crippen LogP contribution in [0.1, 0.15) is 31.9 Å². The molecular formula is C14H21BrN2. The van der Waals surface area contributed by atoms with E-state index in [1.807, 2.05) is 0 Å². The molecule has 17 heavy (non-hydrogen) atoms. The highest BCUT2D eigenvalue weighted by Crippen LogP contribution is 2.26. The lowest BCUT2D eigenvalue weighted by Gasteiger charge is -2.38. The van der Waals surface area contributed by atoms with Crippen LogP contribution in [0.3, 0.4) is 0 Å². The Morgan fingerprint density at radius 3 is 2.76 bits per heavy atom. The summed E-state index contributed by atoms with van der Waals surface area (Å²) in [6.07, 6.45) is 1.12. The van der Waals surface area contributed by atoms with Crippen molar-refractivity contribution in [2.24, 2.45) is 5.73 Å². The first-order valence-corrected chi connectivity index (χ1v) is 6.95. The molecule has 1 atom stereocenters. The minimum absolute atomic E-state index is 0.127. The minimum Gasteiger partial charge on any atom is -0.324 e. The summed E-state index contributed by atoms with van der Waals surface area (Å²) in [5, 5.41) is 0. The van der Waals surface area contributed by atoms with Gasteiger partial charge in [0.15, 0.2) is 0 Å². The molecular weight excluding hydrogens is 276 g/mol. The smallest absolute Gasteiger partial charge is 0.0240 e. The minimum atomic E-state index is -0.127. The van der Waals surface area contributed by atoms with Gasteiger partial charge in [-0.15, -0.1) is 0 Å². The Hall–Kier alpha value is -0.380. The van der Waals surface area contributed by atoms with Gasteiger partial charge in [0.1, 0.15) is 0 Å². The second-order valence-corrected chi connectivity index (χ2v) is 6.78. The van der Waals surface area contributed by atoms with Crippen LogP contribution in [0, 0.1) is 0 Å². The Labute approximate surface area is 112 Å². The zero-order valence-electron chi connectivity index (χ0n) is 10.8. The molecule has 2 rings (SSSR count). The first kappa shape index (κ1) is 13.1. The summed E-state index contributed by atoms with van der Waals surface area (Å²) in [6, 6.07) is 7.18. The fraction of sp³-hybridized carbons (Fsp3) is 0.571. The molecule has 3 heteroatoms. The molecule has 1 aliphatic rings. The number of halogens is 1. The molecule has 94 valence electrons. The zero-order chi connectivity index (χ0) is 12.6. The van der Waals surface area contributed by atoms with E-state index in [9.17, 15) is 0 Å². The fourth-order valence-corrected chi connectivity index (χ4v) is 2.91. The molecule has 0 saturated carbocycles. The van der Waals surface area contributed by atoms with Crippen molar-refractivity contribution in [2.75, 3.05) is 6.54 Å². The van der Waals surface area contributed by atoms with E-state index in [1.165, 1.54) is 11.1 Å². The Kier molecular flexibility index (Phi) is 3.62. The highest BCUT2D eigenvalue weighted by Gasteiger charge is 2.26. The average molecular weight is 297 g/mol. The Bertz CT molecular complexity index is 409. The maximum Gasteiger partial charge on any atom is 0.0240 e. The first-order valence-electron chi connectivity index (χ1n) is 6.15. The van der Waals surface area contributed by atoms with Crippen molar-refractivity contribution in [3.63, 3.8) is 0 Å². The van der Waals surface area contributed by atoms with E-state index in [4.69, 9.17) is 5.73 Å². The van der Waals surface area contributed by atoms with E-state index in [2.05, 4.69) is 59.8 Å². The van der Waals surface area contributed by atoms with Gasteiger partial charge in [0.05, 0.1) is 0 Å². The molecule has 0 spiro atoms. The van der Waals surface area contributed by atoms with Gasteiger partial charge in [-0.3, -0.25) is 4.90 Å². The highest BCUT2D eigenvalue weighted by atomic mass is 79.9. The molecule has 0 fully saturated rings. The number of benzene rings is 1. The van der Waals surface area contributed by atoms with Crippen LogP contribution in [0.2, 0.25) is 0 Å². The van der Waals surface area contributed by atoms with Gasteiger partial charge >= 0.3 is 0 Å². The van der Waals surface area contributed by atoms with Crippen molar-refractivity contribution in [3.05, 3.63) is 33.8 Å². The second kappa shape index (κ2) is 4.71. The molecule has 0 aromatic heterocycles. The highest BCUT2D eigenvalue weighted by molar-refractivity contribution is 9.10. The van der Waals surface area contributed by atoms with Gasteiger partial charge in [0, 0.05) is 29.1 Å².